The molecule has 0 saturated carbocycles. The maximum atomic E-state index is 6.47. The van der Waals surface area contributed by atoms with Crippen LogP contribution >= 0.6 is 0 Å². The molecule has 0 spiro atoms. The molecule has 0 atom stereocenters. The zero-order valence-corrected chi connectivity index (χ0v) is 15.5. The Bertz CT molecular complexity index is 904. The predicted molar refractivity (Wildman–Crippen MR) is 109 cm³/mol. The lowest BCUT2D eigenvalue weighted by Crippen LogP contribution is -2.27. The molecule has 1 fully saturated rings. The molecule has 0 amide bonds. The van der Waals surface area contributed by atoms with E-state index >= 15 is 0 Å². The molecule has 0 unspecified atom stereocenters. The van der Waals surface area contributed by atoms with Crippen LogP contribution in [0.25, 0.3) is 22.4 Å². The van der Waals surface area contributed by atoms with Crippen molar-refractivity contribution in [1.29, 1.82) is 0 Å². The number of piperidine rings is 1. The van der Waals surface area contributed by atoms with Crippen LogP contribution in [0.15, 0.2) is 54.6 Å². The first-order valence-corrected chi connectivity index (χ1v) is 9.34. The third-order valence-electron chi connectivity index (χ3n) is 5.08. The summed E-state index contributed by atoms with van der Waals surface area (Å²) in [6.45, 7) is 1.99. The number of hydrogen-bond acceptors (Lipinski definition) is 5. The summed E-state index contributed by atoms with van der Waals surface area (Å²) in [5.41, 5.74) is 10.3. The third kappa shape index (κ3) is 3.64. The van der Waals surface area contributed by atoms with Gasteiger partial charge < -0.3 is 15.8 Å². The van der Waals surface area contributed by atoms with Gasteiger partial charge in [0.1, 0.15) is 17.4 Å². The first-order chi connectivity index (χ1) is 13.3. The molecule has 5 nitrogen and oxygen atoms in total. The first-order valence-electron chi connectivity index (χ1n) is 9.34. The molecule has 5 heteroatoms. The summed E-state index contributed by atoms with van der Waals surface area (Å²) in [5, 5.41) is 3.39. The molecule has 1 aliphatic heterocycles. The van der Waals surface area contributed by atoms with Crippen molar-refractivity contribution in [3.63, 3.8) is 0 Å². The molecule has 0 bridgehead atoms. The van der Waals surface area contributed by atoms with Crippen molar-refractivity contribution in [3.8, 4) is 28.1 Å². The summed E-state index contributed by atoms with van der Waals surface area (Å²) in [7, 11) is 1.66. The van der Waals surface area contributed by atoms with Crippen molar-refractivity contribution in [1.82, 2.24) is 15.3 Å². The quantitative estimate of drug-likeness (QED) is 0.739. The highest BCUT2D eigenvalue weighted by atomic mass is 16.5. The Balaban J connectivity index is 1.86. The second-order valence-electron chi connectivity index (χ2n) is 6.81. The van der Waals surface area contributed by atoms with E-state index in [-0.39, 0.29) is 0 Å². The van der Waals surface area contributed by atoms with Crippen molar-refractivity contribution in [2.45, 2.75) is 18.8 Å². The van der Waals surface area contributed by atoms with Crippen LogP contribution in [0.5, 0.6) is 5.75 Å². The molecule has 4 rings (SSSR count). The van der Waals surface area contributed by atoms with E-state index in [0.29, 0.717) is 11.7 Å². The number of nitrogens with zero attached hydrogens (tertiary/aromatic N) is 2. The molecule has 1 aromatic heterocycles. The molecule has 2 heterocycles. The van der Waals surface area contributed by atoms with E-state index in [4.69, 9.17) is 20.4 Å². The molecule has 3 aromatic rings. The van der Waals surface area contributed by atoms with E-state index in [1.807, 2.05) is 42.5 Å². The van der Waals surface area contributed by atoms with E-state index in [1.165, 1.54) is 0 Å². The SMILES string of the molecule is COc1ccc(-c2c(N)nc(C3CCNCC3)nc2-c2ccccc2)cc1. The smallest absolute Gasteiger partial charge is 0.135 e. The predicted octanol–water partition coefficient (Wildman–Crippen LogP) is 3.87. The highest BCUT2D eigenvalue weighted by Crippen LogP contribution is 2.37. The molecule has 27 heavy (non-hydrogen) atoms. The van der Waals surface area contributed by atoms with Gasteiger partial charge in [-0.15, -0.1) is 0 Å². The van der Waals surface area contributed by atoms with Crippen LogP contribution in [0.1, 0.15) is 24.6 Å². The van der Waals surface area contributed by atoms with Gasteiger partial charge in [-0.25, -0.2) is 9.97 Å². The first kappa shape index (κ1) is 17.5. The van der Waals surface area contributed by atoms with Gasteiger partial charge in [-0.2, -0.15) is 0 Å². The molecule has 138 valence electrons. The Morgan fingerprint density at radius 3 is 2.30 bits per heavy atom. The minimum absolute atomic E-state index is 0.348. The van der Waals surface area contributed by atoms with Gasteiger partial charge in [0.05, 0.1) is 18.4 Å². The summed E-state index contributed by atoms with van der Waals surface area (Å²) < 4.78 is 5.28. The van der Waals surface area contributed by atoms with Gasteiger partial charge in [0, 0.05) is 11.5 Å². The molecule has 0 aliphatic carbocycles. The van der Waals surface area contributed by atoms with Crippen LogP contribution in [0.4, 0.5) is 5.82 Å². The topological polar surface area (TPSA) is 73.1 Å². The maximum Gasteiger partial charge on any atom is 0.135 e. The molecule has 2 aromatic carbocycles. The van der Waals surface area contributed by atoms with Crippen LogP contribution < -0.4 is 15.8 Å². The fraction of sp³-hybridized carbons (Fsp3) is 0.273. The zero-order chi connectivity index (χ0) is 18.6. The zero-order valence-electron chi connectivity index (χ0n) is 15.5. The fourth-order valence-electron chi connectivity index (χ4n) is 3.61. The van der Waals surface area contributed by atoms with Gasteiger partial charge in [-0.05, 0) is 43.6 Å². The van der Waals surface area contributed by atoms with Crippen molar-refractivity contribution in [2.75, 3.05) is 25.9 Å². The Kier molecular flexibility index (Phi) is 5.03. The minimum Gasteiger partial charge on any atom is -0.497 e. The Hall–Kier alpha value is -2.92. The summed E-state index contributed by atoms with van der Waals surface area (Å²) >= 11 is 0. The van der Waals surface area contributed by atoms with Crippen LogP contribution in [-0.4, -0.2) is 30.2 Å². The van der Waals surface area contributed by atoms with E-state index in [2.05, 4.69) is 17.4 Å². The third-order valence-corrected chi connectivity index (χ3v) is 5.08. The number of benzene rings is 2. The average molecular weight is 360 g/mol. The minimum atomic E-state index is 0.348. The Morgan fingerprint density at radius 1 is 0.926 bits per heavy atom. The number of nitrogens with one attached hydrogen (secondary N) is 1. The highest BCUT2D eigenvalue weighted by Gasteiger charge is 2.22. The number of nitrogens with two attached hydrogens (primary N) is 1. The Labute approximate surface area is 159 Å². The summed E-state index contributed by atoms with van der Waals surface area (Å²) in [5.74, 6) is 2.54. The number of aromatic nitrogens is 2. The second-order valence-corrected chi connectivity index (χ2v) is 6.81. The van der Waals surface area contributed by atoms with Crippen molar-refractivity contribution >= 4 is 5.82 Å². The molecule has 3 N–H and O–H groups in total. The second kappa shape index (κ2) is 7.76. The van der Waals surface area contributed by atoms with Gasteiger partial charge in [-0.3, -0.25) is 0 Å². The number of hydrogen-bond donors (Lipinski definition) is 2. The number of nitrogen functional groups attached to an aromatic ring is 1. The van der Waals surface area contributed by atoms with Crippen LogP contribution in [-0.2, 0) is 0 Å². The highest BCUT2D eigenvalue weighted by molar-refractivity contribution is 5.87. The lowest BCUT2D eigenvalue weighted by molar-refractivity contribution is 0.415. The molecule has 1 aliphatic rings. The van der Waals surface area contributed by atoms with E-state index in [9.17, 15) is 0 Å². The van der Waals surface area contributed by atoms with E-state index in [1.54, 1.807) is 7.11 Å². The van der Waals surface area contributed by atoms with Gasteiger partial charge in [0.15, 0.2) is 0 Å². The number of ether oxygens (including phenoxy) is 1. The number of methoxy groups -OCH3 is 1. The summed E-state index contributed by atoms with van der Waals surface area (Å²) in [6, 6.07) is 18.1. The van der Waals surface area contributed by atoms with Crippen molar-refractivity contribution in [2.24, 2.45) is 0 Å². The maximum absolute atomic E-state index is 6.47. The van der Waals surface area contributed by atoms with Crippen molar-refractivity contribution < 1.29 is 4.74 Å². The lowest BCUT2D eigenvalue weighted by atomic mass is 9.95. The summed E-state index contributed by atoms with van der Waals surface area (Å²) in [6.07, 6.45) is 2.07. The standard InChI is InChI=1S/C22H24N4O/c1-27-18-9-7-15(8-10-18)19-20(16-5-3-2-4-6-16)25-22(26-21(19)23)17-11-13-24-14-12-17/h2-10,17,24H,11-14H2,1H3,(H2,23,25,26). The van der Waals surface area contributed by atoms with Gasteiger partial charge >= 0.3 is 0 Å². The molecule has 0 radical (unpaired) electrons. The van der Waals surface area contributed by atoms with Gasteiger partial charge in [0.25, 0.3) is 0 Å². The number of anilines is 1. The van der Waals surface area contributed by atoms with E-state index in [0.717, 1.165) is 59.9 Å². The van der Waals surface area contributed by atoms with E-state index < -0.39 is 0 Å². The van der Waals surface area contributed by atoms with Gasteiger partial charge in [-0.1, -0.05) is 42.5 Å². The van der Waals surface area contributed by atoms with Gasteiger partial charge in [0.2, 0.25) is 0 Å². The van der Waals surface area contributed by atoms with Crippen molar-refractivity contribution in [3.05, 3.63) is 60.4 Å². The largest absolute Gasteiger partial charge is 0.497 e. The Morgan fingerprint density at radius 2 is 1.63 bits per heavy atom. The van der Waals surface area contributed by atoms with Crippen LogP contribution in [0, 0.1) is 0 Å². The molecular weight excluding hydrogens is 336 g/mol. The summed E-state index contributed by atoms with van der Waals surface area (Å²) in [4.78, 5) is 9.71. The molecular formula is C22H24N4O. The van der Waals surface area contributed by atoms with Crippen LogP contribution in [0.2, 0.25) is 0 Å². The molecule has 1 saturated heterocycles. The average Bonchev–Trinajstić information content (AvgIpc) is 2.74. The normalized spacial score (nSPS) is 14.9. The monoisotopic (exact) mass is 360 g/mol. The van der Waals surface area contributed by atoms with Crippen LogP contribution in [0.3, 0.4) is 0 Å². The fourth-order valence-corrected chi connectivity index (χ4v) is 3.61. The lowest BCUT2D eigenvalue weighted by Gasteiger charge is -2.23. The number of rotatable bonds is 4.